The lowest BCUT2D eigenvalue weighted by Gasteiger charge is -2.38. The van der Waals surface area contributed by atoms with Gasteiger partial charge in [0, 0.05) is 44.8 Å². The van der Waals surface area contributed by atoms with Gasteiger partial charge in [-0.15, -0.1) is 0 Å². The lowest BCUT2D eigenvalue weighted by atomic mass is 10.1. The van der Waals surface area contributed by atoms with Crippen LogP contribution < -0.4 is 5.73 Å². The zero-order valence-corrected chi connectivity index (χ0v) is 12.3. The van der Waals surface area contributed by atoms with Crippen LogP contribution in [0.4, 0.5) is 4.39 Å². The Hall–Kier alpha value is -1.66. The number of phenolic OH excluding ortho intramolecular Hbond substituents is 1. The van der Waals surface area contributed by atoms with Gasteiger partial charge in [-0.25, -0.2) is 4.39 Å². The summed E-state index contributed by atoms with van der Waals surface area (Å²) in [5.74, 6) is -1.12. The molecule has 1 aliphatic rings. The van der Waals surface area contributed by atoms with Gasteiger partial charge >= 0.3 is 0 Å². The zero-order valence-electron chi connectivity index (χ0n) is 12.3. The predicted molar refractivity (Wildman–Crippen MR) is 78.7 cm³/mol. The minimum atomic E-state index is -0.553. The Morgan fingerprint density at radius 2 is 2.05 bits per heavy atom. The maximum Gasteiger partial charge on any atom is 0.257 e. The molecule has 1 unspecified atom stereocenters. The van der Waals surface area contributed by atoms with Crippen LogP contribution >= 0.6 is 0 Å². The lowest BCUT2D eigenvalue weighted by molar-refractivity contribution is 0.0569. The molecular formula is C15H22FN3O2. The third kappa shape index (κ3) is 3.51. The number of nitrogens with zero attached hydrogens (tertiary/aromatic N) is 2. The summed E-state index contributed by atoms with van der Waals surface area (Å²) in [5, 5.41) is 9.69. The molecule has 6 heteroatoms. The molecule has 1 aromatic carbocycles. The van der Waals surface area contributed by atoms with Gasteiger partial charge in [-0.1, -0.05) is 6.92 Å². The van der Waals surface area contributed by atoms with Crippen LogP contribution in [-0.4, -0.2) is 59.6 Å². The average molecular weight is 295 g/mol. The monoisotopic (exact) mass is 295 g/mol. The molecule has 1 atom stereocenters. The number of benzene rings is 1. The first-order chi connectivity index (χ1) is 10.1. The summed E-state index contributed by atoms with van der Waals surface area (Å²) in [4.78, 5) is 16.3. The summed E-state index contributed by atoms with van der Waals surface area (Å²) in [6, 6.07) is 3.82. The van der Waals surface area contributed by atoms with Crippen molar-refractivity contribution in [2.24, 2.45) is 5.73 Å². The molecule has 1 amide bonds. The SMILES string of the molecule is CCC(CN)N1CCN(C(=O)c2ccc(F)cc2O)CC1. The van der Waals surface area contributed by atoms with Crippen LogP contribution in [0.5, 0.6) is 5.75 Å². The van der Waals surface area contributed by atoms with E-state index in [2.05, 4.69) is 11.8 Å². The highest BCUT2D eigenvalue weighted by atomic mass is 19.1. The molecule has 0 radical (unpaired) electrons. The maximum absolute atomic E-state index is 13.0. The Morgan fingerprint density at radius 1 is 1.38 bits per heavy atom. The fourth-order valence-corrected chi connectivity index (χ4v) is 2.72. The molecule has 0 bridgehead atoms. The highest BCUT2D eigenvalue weighted by molar-refractivity contribution is 5.96. The largest absolute Gasteiger partial charge is 0.507 e. The number of halogens is 1. The molecule has 5 nitrogen and oxygen atoms in total. The van der Waals surface area contributed by atoms with Gasteiger partial charge in [-0.05, 0) is 18.6 Å². The zero-order chi connectivity index (χ0) is 15.4. The van der Waals surface area contributed by atoms with Crippen molar-refractivity contribution in [1.29, 1.82) is 0 Å². The molecular weight excluding hydrogens is 273 g/mol. The molecule has 0 spiro atoms. The van der Waals surface area contributed by atoms with Crippen molar-refractivity contribution >= 4 is 5.91 Å². The van der Waals surface area contributed by atoms with Gasteiger partial charge in [0.2, 0.25) is 0 Å². The van der Waals surface area contributed by atoms with Crippen LogP contribution in [0.1, 0.15) is 23.7 Å². The van der Waals surface area contributed by atoms with Gasteiger partial charge in [0.15, 0.2) is 0 Å². The predicted octanol–water partition coefficient (Wildman–Crippen LogP) is 1.03. The van der Waals surface area contributed by atoms with Crippen LogP contribution in [0.3, 0.4) is 0 Å². The van der Waals surface area contributed by atoms with E-state index in [0.717, 1.165) is 25.6 Å². The summed E-state index contributed by atoms with van der Waals surface area (Å²) in [6.07, 6.45) is 0.989. The second kappa shape index (κ2) is 6.87. The van der Waals surface area contributed by atoms with Crippen LogP contribution in [0.2, 0.25) is 0 Å². The summed E-state index contributed by atoms with van der Waals surface area (Å²) in [7, 11) is 0. The van der Waals surface area contributed by atoms with Crippen molar-refractivity contribution in [3.63, 3.8) is 0 Å². The van der Waals surface area contributed by atoms with Crippen LogP contribution in [-0.2, 0) is 0 Å². The fourth-order valence-electron chi connectivity index (χ4n) is 2.72. The van der Waals surface area contributed by atoms with E-state index in [0.29, 0.717) is 25.7 Å². The minimum Gasteiger partial charge on any atom is -0.507 e. The van der Waals surface area contributed by atoms with Gasteiger partial charge in [0.25, 0.3) is 5.91 Å². The number of aromatic hydroxyl groups is 1. The van der Waals surface area contributed by atoms with E-state index in [9.17, 15) is 14.3 Å². The second-order valence-corrected chi connectivity index (χ2v) is 5.29. The van der Waals surface area contributed by atoms with E-state index in [1.54, 1.807) is 4.90 Å². The molecule has 1 aromatic rings. The molecule has 0 aliphatic carbocycles. The number of nitrogens with two attached hydrogens (primary N) is 1. The van der Waals surface area contributed by atoms with E-state index in [1.165, 1.54) is 12.1 Å². The topological polar surface area (TPSA) is 69.8 Å². The number of hydrogen-bond acceptors (Lipinski definition) is 4. The van der Waals surface area contributed by atoms with E-state index >= 15 is 0 Å². The van der Waals surface area contributed by atoms with Crippen molar-refractivity contribution in [2.75, 3.05) is 32.7 Å². The highest BCUT2D eigenvalue weighted by Gasteiger charge is 2.26. The van der Waals surface area contributed by atoms with E-state index < -0.39 is 5.82 Å². The third-order valence-corrected chi connectivity index (χ3v) is 4.05. The Labute approximate surface area is 124 Å². The number of phenols is 1. The summed E-state index contributed by atoms with van der Waals surface area (Å²) < 4.78 is 13.0. The number of rotatable bonds is 4. The first-order valence-electron chi connectivity index (χ1n) is 7.28. The number of hydrogen-bond donors (Lipinski definition) is 2. The molecule has 1 saturated heterocycles. The fraction of sp³-hybridized carbons (Fsp3) is 0.533. The lowest BCUT2D eigenvalue weighted by Crippen LogP contribution is -2.53. The van der Waals surface area contributed by atoms with Gasteiger partial charge in [-0.3, -0.25) is 9.69 Å². The Bertz CT molecular complexity index is 498. The smallest absolute Gasteiger partial charge is 0.257 e. The van der Waals surface area contributed by atoms with Crippen molar-refractivity contribution < 1.29 is 14.3 Å². The Morgan fingerprint density at radius 3 is 2.57 bits per heavy atom. The maximum atomic E-state index is 13.0. The number of carbonyl (C=O) groups is 1. The van der Waals surface area contributed by atoms with Crippen molar-refractivity contribution in [1.82, 2.24) is 9.80 Å². The van der Waals surface area contributed by atoms with Gasteiger partial charge in [-0.2, -0.15) is 0 Å². The molecule has 116 valence electrons. The van der Waals surface area contributed by atoms with Gasteiger partial charge in [0.05, 0.1) is 5.56 Å². The van der Waals surface area contributed by atoms with Crippen molar-refractivity contribution in [2.45, 2.75) is 19.4 Å². The Kier molecular flexibility index (Phi) is 5.14. The van der Waals surface area contributed by atoms with Crippen molar-refractivity contribution in [3.8, 4) is 5.75 Å². The molecule has 2 rings (SSSR count). The van der Waals surface area contributed by atoms with Gasteiger partial charge in [0.1, 0.15) is 11.6 Å². The molecule has 1 heterocycles. The number of amides is 1. The first kappa shape index (κ1) is 15.7. The number of piperazine rings is 1. The van der Waals surface area contributed by atoms with Crippen LogP contribution in [0.15, 0.2) is 18.2 Å². The summed E-state index contributed by atoms with van der Waals surface area (Å²) in [5.41, 5.74) is 5.89. The van der Waals surface area contributed by atoms with Crippen LogP contribution in [0.25, 0.3) is 0 Å². The Balaban J connectivity index is 2.00. The highest BCUT2D eigenvalue weighted by Crippen LogP contribution is 2.21. The molecule has 0 aromatic heterocycles. The quantitative estimate of drug-likeness (QED) is 0.870. The van der Waals surface area contributed by atoms with E-state index in [4.69, 9.17) is 5.73 Å². The van der Waals surface area contributed by atoms with Crippen molar-refractivity contribution in [3.05, 3.63) is 29.6 Å². The average Bonchev–Trinajstić information content (AvgIpc) is 2.48. The second-order valence-electron chi connectivity index (χ2n) is 5.29. The number of carbonyl (C=O) groups excluding carboxylic acids is 1. The molecule has 1 aliphatic heterocycles. The third-order valence-electron chi connectivity index (χ3n) is 4.05. The standard InChI is InChI=1S/C15H22FN3O2/c1-2-12(10-17)18-5-7-19(8-6-18)15(21)13-4-3-11(16)9-14(13)20/h3-4,9,12,20H,2,5-8,10,17H2,1H3. The minimum absolute atomic E-state index is 0.149. The molecule has 21 heavy (non-hydrogen) atoms. The molecule has 3 N–H and O–H groups in total. The van der Waals surface area contributed by atoms with Crippen LogP contribution in [0, 0.1) is 5.82 Å². The normalized spacial score (nSPS) is 17.8. The summed E-state index contributed by atoms with van der Waals surface area (Å²) >= 11 is 0. The van der Waals surface area contributed by atoms with E-state index in [-0.39, 0.29) is 17.2 Å². The molecule has 0 saturated carbocycles. The first-order valence-corrected chi connectivity index (χ1v) is 7.28. The van der Waals surface area contributed by atoms with E-state index in [1.807, 2.05) is 0 Å². The summed E-state index contributed by atoms with van der Waals surface area (Å²) in [6.45, 7) is 5.43. The van der Waals surface area contributed by atoms with Gasteiger partial charge < -0.3 is 15.7 Å². The molecule has 1 fully saturated rings.